The minimum Gasteiger partial charge on any atom is -0.462 e. The summed E-state index contributed by atoms with van der Waals surface area (Å²) in [5, 5.41) is 64.8. The molecule has 0 bridgehead atoms. The van der Waals surface area contributed by atoms with Crippen LogP contribution in [0.5, 0.6) is 0 Å². The summed E-state index contributed by atoms with van der Waals surface area (Å²) in [5.41, 5.74) is 0.649. The highest BCUT2D eigenvalue weighted by atomic mass is 16.7. The standard InChI is InChI=1S/C40H65NO14/c1-10-30-27(19-51-39-37(50)36(49)34(47)25(7)52-39)16-20(2)14-15-28(43)21(3)17-26(13-11-12-22(4)42)38(23(5)29(44)18-31(45)54-30)55-40-35(48)32(41(8)9)33(46)24(6)53-40/h11-12,14-16,21,23-27,29-30,32-40,44,46-50H,10,13,17-19H2,1-9H3/b12-11+,15-14+,20-16+/t21-,23+,24-,25-,26+,27-,29-,30-,32+,33-,34-,35-,36-,37-,38-,39-,40+/m1/s1. The Hall–Kier alpha value is -2.41. The molecule has 0 aliphatic carbocycles. The molecule has 6 N–H and O–H groups in total. The minimum atomic E-state index is -1.54. The lowest BCUT2D eigenvalue weighted by molar-refractivity contribution is -0.304. The van der Waals surface area contributed by atoms with E-state index in [9.17, 15) is 45.0 Å². The first-order valence-corrected chi connectivity index (χ1v) is 19.4. The lowest BCUT2D eigenvalue weighted by Gasteiger charge is -2.46. The summed E-state index contributed by atoms with van der Waals surface area (Å²) in [5.74, 6) is -3.56. The summed E-state index contributed by atoms with van der Waals surface area (Å²) in [6.07, 6.45) is -5.43. The van der Waals surface area contributed by atoms with Crippen LogP contribution in [0.15, 0.2) is 36.0 Å². The topological polar surface area (TPSA) is 222 Å². The Kier molecular flexibility index (Phi) is 18.3. The molecule has 55 heavy (non-hydrogen) atoms. The van der Waals surface area contributed by atoms with E-state index in [0.29, 0.717) is 12.0 Å². The molecule has 0 spiro atoms. The van der Waals surface area contributed by atoms with Crippen LogP contribution in [0.2, 0.25) is 0 Å². The third kappa shape index (κ3) is 12.8. The fourth-order valence-electron chi connectivity index (χ4n) is 7.56. The average Bonchev–Trinajstić information content (AvgIpc) is 3.11. The van der Waals surface area contributed by atoms with Crippen LogP contribution in [0.25, 0.3) is 0 Å². The predicted octanol–water partition coefficient (Wildman–Crippen LogP) is 1.20. The van der Waals surface area contributed by atoms with Gasteiger partial charge in [0, 0.05) is 17.8 Å². The molecule has 2 fully saturated rings. The summed E-state index contributed by atoms with van der Waals surface area (Å²) in [6, 6.07) is -0.746. The number of allylic oxidation sites excluding steroid dienone is 5. The van der Waals surface area contributed by atoms with Gasteiger partial charge >= 0.3 is 5.97 Å². The number of carbonyl (C=O) groups excluding carboxylic acids is 3. The lowest BCUT2D eigenvalue weighted by atomic mass is 9.79. The van der Waals surface area contributed by atoms with Gasteiger partial charge in [-0.15, -0.1) is 0 Å². The molecular weight excluding hydrogens is 718 g/mol. The van der Waals surface area contributed by atoms with Gasteiger partial charge in [-0.05, 0) is 79.1 Å². The van der Waals surface area contributed by atoms with Gasteiger partial charge in [-0.2, -0.15) is 0 Å². The molecule has 0 aromatic carbocycles. The largest absolute Gasteiger partial charge is 0.462 e. The summed E-state index contributed by atoms with van der Waals surface area (Å²) in [4.78, 5) is 40.7. The van der Waals surface area contributed by atoms with Gasteiger partial charge in [-0.3, -0.25) is 14.4 Å². The summed E-state index contributed by atoms with van der Waals surface area (Å²) < 4.78 is 30.0. The molecule has 0 aromatic rings. The van der Waals surface area contributed by atoms with Crippen LogP contribution in [0.1, 0.15) is 74.1 Å². The van der Waals surface area contributed by atoms with E-state index in [2.05, 4.69) is 0 Å². The molecule has 17 atom stereocenters. The highest BCUT2D eigenvalue weighted by Gasteiger charge is 2.47. The van der Waals surface area contributed by atoms with Crippen molar-refractivity contribution in [3.8, 4) is 0 Å². The maximum Gasteiger partial charge on any atom is 0.308 e. The second-order valence-electron chi connectivity index (χ2n) is 15.8. The fourth-order valence-corrected chi connectivity index (χ4v) is 7.56. The molecule has 15 nitrogen and oxygen atoms in total. The minimum absolute atomic E-state index is 0.131. The van der Waals surface area contributed by atoms with Crippen molar-refractivity contribution in [1.82, 2.24) is 4.90 Å². The highest BCUT2D eigenvalue weighted by molar-refractivity contribution is 5.91. The molecule has 0 saturated carbocycles. The van der Waals surface area contributed by atoms with E-state index in [1.807, 2.05) is 0 Å². The van der Waals surface area contributed by atoms with E-state index in [4.69, 9.17) is 23.7 Å². The smallest absolute Gasteiger partial charge is 0.308 e. The first-order valence-electron chi connectivity index (χ1n) is 19.4. The third-order valence-corrected chi connectivity index (χ3v) is 11.0. The zero-order valence-electron chi connectivity index (χ0n) is 33.6. The Morgan fingerprint density at radius 2 is 1.55 bits per heavy atom. The monoisotopic (exact) mass is 783 g/mol. The average molecular weight is 784 g/mol. The van der Waals surface area contributed by atoms with Crippen molar-refractivity contribution >= 4 is 17.5 Å². The van der Waals surface area contributed by atoms with Gasteiger partial charge in [0.1, 0.15) is 30.5 Å². The van der Waals surface area contributed by atoms with E-state index in [0.717, 1.165) is 0 Å². The summed E-state index contributed by atoms with van der Waals surface area (Å²) >= 11 is 0. The van der Waals surface area contributed by atoms with E-state index < -0.39 is 116 Å². The number of aliphatic hydroxyl groups excluding tert-OH is 6. The number of rotatable bonds is 10. The Morgan fingerprint density at radius 1 is 0.909 bits per heavy atom. The van der Waals surface area contributed by atoms with Crippen molar-refractivity contribution in [3.05, 3.63) is 36.0 Å². The molecule has 3 heterocycles. The van der Waals surface area contributed by atoms with E-state index in [-0.39, 0.29) is 31.0 Å². The molecule has 15 heteroatoms. The number of esters is 1. The van der Waals surface area contributed by atoms with Crippen molar-refractivity contribution in [2.75, 3.05) is 20.7 Å². The lowest BCUT2D eigenvalue weighted by Crippen LogP contribution is -2.63. The molecule has 0 amide bonds. The van der Waals surface area contributed by atoms with Crippen LogP contribution < -0.4 is 0 Å². The quantitative estimate of drug-likeness (QED) is 0.135. The number of hydrogen-bond donors (Lipinski definition) is 6. The maximum absolute atomic E-state index is 13.6. The van der Waals surface area contributed by atoms with Crippen LogP contribution in [0, 0.1) is 23.7 Å². The normalized spacial score (nSPS) is 43.2. The second kappa shape index (κ2) is 21.4. The molecule has 0 unspecified atom stereocenters. The summed E-state index contributed by atoms with van der Waals surface area (Å²) in [7, 11) is 3.43. The highest BCUT2D eigenvalue weighted by Crippen LogP contribution is 2.35. The molecule has 3 rings (SSSR count). The predicted molar refractivity (Wildman–Crippen MR) is 200 cm³/mol. The van der Waals surface area contributed by atoms with Gasteiger partial charge in [-0.1, -0.05) is 44.6 Å². The maximum atomic E-state index is 13.6. The fraction of sp³-hybridized carbons (Fsp3) is 0.775. The molecule has 0 aromatic heterocycles. The molecular formula is C40H65NO14. The first kappa shape index (κ1) is 47.0. The number of carbonyl (C=O) groups is 3. The van der Waals surface area contributed by atoms with Gasteiger partial charge in [-0.25, -0.2) is 0 Å². The molecule has 2 saturated heterocycles. The number of ketones is 2. The number of hydrogen-bond acceptors (Lipinski definition) is 15. The van der Waals surface area contributed by atoms with Gasteiger partial charge in [0.2, 0.25) is 0 Å². The Balaban J connectivity index is 2.01. The van der Waals surface area contributed by atoms with Gasteiger partial charge in [0.15, 0.2) is 24.1 Å². The number of nitrogens with zero attached hydrogens (tertiary/aromatic N) is 1. The van der Waals surface area contributed by atoms with Crippen LogP contribution in [0.3, 0.4) is 0 Å². The van der Waals surface area contributed by atoms with Crippen LogP contribution in [0.4, 0.5) is 0 Å². The van der Waals surface area contributed by atoms with Crippen molar-refractivity contribution in [2.45, 2.75) is 154 Å². The molecule has 3 aliphatic heterocycles. The Morgan fingerprint density at radius 3 is 2.16 bits per heavy atom. The van der Waals surface area contributed by atoms with Gasteiger partial charge < -0.3 is 59.2 Å². The van der Waals surface area contributed by atoms with Crippen molar-refractivity contribution in [3.63, 3.8) is 0 Å². The van der Waals surface area contributed by atoms with Crippen LogP contribution in [-0.4, -0.2) is 153 Å². The summed E-state index contributed by atoms with van der Waals surface area (Å²) in [6.45, 7) is 11.5. The number of likely N-dealkylation sites (N-methyl/N-ethyl adjacent to an activating group) is 1. The van der Waals surface area contributed by atoms with E-state index in [1.54, 1.807) is 71.8 Å². The Bertz CT molecular complexity index is 1350. The van der Waals surface area contributed by atoms with Crippen molar-refractivity contribution in [1.29, 1.82) is 0 Å². The SMILES string of the molecule is CC[C@H]1OC(=O)C[C@@H](O)[C@H](C)[C@@H](O[C@@H]2O[C@H](C)[C@@H](O)[C@H](N(C)C)[C@H]2O)[C@@H](C/C=C/C(C)=O)C[C@@H](C)C(=O)/C=C/C(C)=C/[C@@H]1CO[C@@H]1O[C@H](C)[C@@H](O)[C@@H](O)[C@H]1O. The molecule has 0 radical (unpaired) electrons. The Labute approximate surface area is 324 Å². The third-order valence-electron chi connectivity index (χ3n) is 11.0. The van der Waals surface area contributed by atoms with Crippen LogP contribution >= 0.6 is 0 Å². The second-order valence-corrected chi connectivity index (χ2v) is 15.8. The molecule has 314 valence electrons. The van der Waals surface area contributed by atoms with Crippen molar-refractivity contribution in [2.24, 2.45) is 23.7 Å². The van der Waals surface area contributed by atoms with E-state index >= 15 is 0 Å². The number of ether oxygens (including phenoxy) is 5. The number of cyclic esters (lactones) is 1. The van der Waals surface area contributed by atoms with Crippen molar-refractivity contribution < 1.29 is 68.7 Å². The molecule has 3 aliphatic rings. The zero-order chi connectivity index (χ0) is 41.3. The van der Waals surface area contributed by atoms with Gasteiger partial charge in [0.25, 0.3) is 0 Å². The van der Waals surface area contributed by atoms with Gasteiger partial charge in [0.05, 0.1) is 49.6 Å². The number of aliphatic hydroxyl groups is 6. The van der Waals surface area contributed by atoms with E-state index in [1.165, 1.54) is 26.0 Å². The van der Waals surface area contributed by atoms with Crippen LogP contribution in [-0.2, 0) is 38.1 Å². The zero-order valence-corrected chi connectivity index (χ0v) is 33.6. The first-order chi connectivity index (χ1) is 25.8.